The van der Waals surface area contributed by atoms with Gasteiger partial charge in [0.2, 0.25) is 0 Å². The van der Waals surface area contributed by atoms with Crippen molar-refractivity contribution in [3.8, 4) is 0 Å². The smallest absolute Gasteiger partial charge is 0.264 e. The Morgan fingerprint density at radius 2 is 2.03 bits per heavy atom. The molecule has 1 saturated heterocycles. The standard InChI is InChI=1S/C23H23N5O3S/c29-21-16-8-11-27(23(31)19-7-4-12-32-19)14-17(16)25-20(26-21)18-6-1-2-10-28(18)22(30)15-5-3-9-24-13-15/h3-5,7,9,12-13,18H,1-2,6,8,10-11,14H2,(H,25,26,29)/t18-/m0/s1. The van der Waals surface area contributed by atoms with E-state index in [0.717, 1.165) is 19.3 Å². The van der Waals surface area contributed by atoms with Crippen LogP contribution < -0.4 is 5.56 Å². The number of amides is 2. The molecule has 5 rings (SSSR count). The van der Waals surface area contributed by atoms with Crippen LogP contribution in [-0.2, 0) is 13.0 Å². The minimum Gasteiger partial charge on any atom is -0.332 e. The maximum Gasteiger partial charge on any atom is 0.264 e. The van der Waals surface area contributed by atoms with Crippen molar-refractivity contribution in [3.63, 3.8) is 0 Å². The van der Waals surface area contributed by atoms with Crippen LogP contribution in [0.2, 0.25) is 0 Å². The normalized spacial score (nSPS) is 18.3. The Kier molecular flexibility index (Phi) is 5.57. The molecule has 0 spiro atoms. The van der Waals surface area contributed by atoms with E-state index in [1.165, 1.54) is 11.3 Å². The third kappa shape index (κ3) is 3.84. The lowest BCUT2D eigenvalue weighted by Gasteiger charge is -2.36. The number of likely N-dealkylation sites (tertiary alicyclic amines) is 1. The van der Waals surface area contributed by atoms with Crippen LogP contribution in [-0.4, -0.2) is 49.7 Å². The van der Waals surface area contributed by atoms with Gasteiger partial charge in [-0.3, -0.25) is 19.4 Å². The van der Waals surface area contributed by atoms with Gasteiger partial charge < -0.3 is 14.8 Å². The van der Waals surface area contributed by atoms with Crippen molar-refractivity contribution < 1.29 is 9.59 Å². The number of rotatable bonds is 3. The first-order chi connectivity index (χ1) is 15.6. The van der Waals surface area contributed by atoms with Gasteiger partial charge in [-0.1, -0.05) is 6.07 Å². The van der Waals surface area contributed by atoms with E-state index < -0.39 is 0 Å². The van der Waals surface area contributed by atoms with Crippen molar-refractivity contribution in [3.05, 3.63) is 79.9 Å². The van der Waals surface area contributed by atoms with Gasteiger partial charge in [0.05, 0.1) is 28.7 Å². The van der Waals surface area contributed by atoms with Gasteiger partial charge in [-0.05, 0) is 49.3 Å². The molecule has 2 aliphatic heterocycles. The molecule has 0 saturated carbocycles. The molecule has 1 N–H and O–H groups in total. The van der Waals surface area contributed by atoms with Crippen molar-refractivity contribution in [1.29, 1.82) is 0 Å². The highest BCUT2D eigenvalue weighted by molar-refractivity contribution is 7.12. The van der Waals surface area contributed by atoms with Gasteiger partial charge in [0.15, 0.2) is 0 Å². The fourth-order valence-corrected chi connectivity index (χ4v) is 5.15. The van der Waals surface area contributed by atoms with Gasteiger partial charge in [0.1, 0.15) is 5.82 Å². The average Bonchev–Trinajstić information content (AvgIpc) is 3.38. The molecule has 32 heavy (non-hydrogen) atoms. The summed E-state index contributed by atoms with van der Waals surface area (Å²) >= 11 is 1.41. The first-order valence-corrected chi connectivity index (χ1v) is 11.7. The summed E-state index contributed by atoms with van der Waals surface area (Å²) in [7, 11) is 0. The Labute approximate surface area is 188 Å². The second-order valence-corrected chi connectivity index (χ2v) is 9.03. The van der Waals surface area contributed by atoms with E-state index >= 15 is 0 Å². The maximum absolute atomic E-state index is 13.1. The third-order valence-corrected chi connectivity index (χ3v) is 6.96. The minimum absolute atomic E-state index is 0.0414. The molecule has 0 radical (unpaired) electrons. The number of nitrogens with one attached hydrogen (secondary N) is 1. The molecule has 8 nitrogen and oxygen atoms in total. The second kappa shape index (κ2) is 8.66. The van der Waals surface area contributed by atoms with Crippen LogP contribution in [0.25, 0.3) is 0 Å². The number of carbonyl (C=O) groups excluding carboxylic acids is 2. The Morgan fingerprint density at radius 3 is 2.81 bits per heavy atom. The van der Waals surface area contributed by atoms with Gasteiger partial charge in [-0.15, -0.1) is 11.3 Å². The molecule has 2 aliphatic rings. The molecule has 0 aliphatic carbocycles. The fraction of sp³-hybridized carbons (Fsp3) is 0.348. The van der Waals surface area contributed by atoms with Gasteiger partial charge >= 0.3 is 0 Å². The number of aromatic amines is 1. The summed E-state index contributed by atoms with van der Waals surface area (Å²) < 4.78 is 0. The van der Waals surface area contributed by atoms with Crippen molar-refractivity contribution in [1.82, 2.24) is 24.8 Å². The Balaban J connectivity index is 1.44. The van der Waals surface area contributed by atoms with Crippen LogP contribution in [0.1, 0.15) is 62.4 Å². The number of aromatic nitrogens is 3. The number of carbonyl (C=O) groups is 2. The molecule has 5 heterocycles. The van der Waals surface area contributed by atoms with Gasteiger partial charge in [0.25, 0.3) is 17.4 Å². The maximum atomic E-state index is 13.1. The Morgan fingerprint density at radius 1 is 1.12 bits per heavy atom. The molecule has 3 aromatic heterocycles. The number of thiophene rings is 1. The molecule has 0 bridgehead atoms. The number of hydrogen-bond acceptors (Lipinski definition) is 6. The molecule has 0 aromatic carbocycles. The summed E-state index contributed by atoms with van der Waals surface area (Å²) in [4.78, 5) is 54.8. The molecule has 3 aromatic rings. The van der Waals surface area contributed by atoms with E-state index in [0.29, 0.717) is 53.6 Å². The van der Waals surface area contributed by atoms with Crippen molar-refractivity contribution in [2.75, 3.05) is 13.1 Å². The number of pyridine rings is 1. The SMILES string of the molecule is O=C(c1cccs1)N1CCc2c(nc([C@@H]3CCCCN3C(=O)c3cccnc3)[nH]c2=O)C1. The van der Waals surface area contributed by atoms with E-state index in [2.05, 4.69) is 9.97 Å². The lowest BCUT2D eigenvalue weighted by molar-refractivity contribution is 0.0598. The van der Waals surface area contributed by atoms with Crippen LogP contribution in [0.5, 0.6) is 0 Å². The first kappa shape index (κ1) is 20.6. The predicted molar refractivity (Wildman–Crippen MR) is 119 cm³/mol. The van der Waals surface area contributed by atoms with Crippen LogP contribution in [0, 0.1) is 0 Å². The van der Waals surface area contributed by atoms with Gasteiger partial charge in [-0.25, -0.2) is 4.98 Å². The van der Waals surface area contributed by atoms with Crippen LogP contribution >= 0.6 is 11.3 Å². The van der Waals surface area contributed by atoms with Crippen molar-refractivity contribution in [2.24, 2.45) is 0 Å². The molecular formula is C23H23N5O3S. The van der Waals surface area contributed by atoms with Gasteiger partial charge in [0, 0.05) is 31.0 Å². The van der Waals surface area contributed by atoms with E-state index in [4.69, 9.17) is 4.98 Å². The molecule has 0 unspecified atom stereocenters. The van der Waals surface area contributed by atoms with Crippen LogP contribution in [0.3, 0.4) is 0 Å². The largest absolute Gasteiger partial charge is 0.332 e. The molecule has 1 fully saturated rings. The summed E-state index contributed by atoms with van der Waals surface area (Å²) in [5.74, 6) is 0.342. The number of piperidine rings is 1. The predicted octanol–water partition coefficient (Wildman–Crippen LogP) is 2.79. The van der Waals surface area contributed by atoms with E-state index in [1.54, 1.807) is 34.3 Å². The zero-order valence-corrected chi connectivity index (χ0v) is 18.3. The zero-order chi connectivity index (χ0) is 22.1. The summed E-state index contributed by atoms with van der Waals surface area (Å²) in [6.45, 7) is 1.39. The summed E-state index contributed by atoms with van der Waals surface area (Å²) in [5, 5.41) is 1.88. The molecular weight excluding hydrogens is 426 g/mol. The number of hydrogen-bond donors (Lipinski definition) is 1. The van der Waals surface area contributed by atoms with Crippen LogP contribution in [0.4, 0.5) is 0 Å². The Bertz CT molecular complexity index is 1190. The zero-order valence-electron chi connectivity index (χ0n) is 17.5. The number of H-pyrrole nitrogens is 1. The third-order valence-electron chi connectivity index (χ3n) is 6.10. The minimum atomic E-state index is -0.308. The summed E-state index contributed by atoms with van der Waals surface area (Å²) in [5.41, 5.74) is 1.60. The molecule has 164 valence electrons. The van der Waals surface area contributed by atoms with E-state index in [9.17, 15) is 14.4 Å². The molecule has 9 heteroatoms. The van der Waals surface area contributed by atoms with E-state index in [1.807, 2.05) is 17.5 Å². The van der Waals surface area contributed by atoms with Crippen LogP contribution in [0.15, 0.2) is 46.8 Å². The fourth-order valence-electron chi connectivity index (χ4n) is 4.46. The summed E-state index contributed by atoms with van der Waals surface area (Å²) in [6, 6.07) is 6.84. The van der Waals surface area contributed by atoms with Crippen molar-refractivity contribution >= 4 is 23.2 Å². The lowest BCUT2D eigenvalue weighted by Crippen LogP contribution is -2.42. The Hall–Kier alpha value is -3.33. The first-order valence-electron chi connectivity index (χ1n) is 10.8. The molecule has 1 atom stereocenters. The second-order valence-electron chi connectivity index (χ2n) is 8.08. The summed E-state index contributed by atoms with van der Waals surface area (Å²) in [6.07, 6.45) is 6.25. The highest BCUT2D eigenvalue weighted by atomic mass is 32.1. The highest BCUT2D eigenvalue weighted by Gasteiger charge is 2.32. The average molecular weight is 450 g/mol. The van der Waals surface area contributed by atoms with Crippen molar-refractivity contribution in [2.45, 2.75) is 38.3 Å². The molecule has 2 amide bonds. The monoisotopic (exact) mass is 449 g/mol. The van der Waals surface area contributed by atoms with E-state index in [-0.39, 0.29) is 23.4 Å². The topological polar surface area (TPSA) is 99.3 Å². The quantitative estimate of drug-likeness (QED) is 0.663. The number of fused-ring (bicyclic) bond motifs is 1. The highest BCUT2D eigenvalue weighted by Crippen LogP contribution is 2.30. The number of nitrogens with zero attached hydrogens (tertiary/aromatic N) is 4. The lowest BCUT2D eigenvalue weighted by atomic mass is 9.99. The van der Waals surface area contributed by atoms with Gasteiger partial charge in [-0.2, -0.15) is 0 Å².